The molecule has 0 aromatic carbocycles. The van der Waals surface area contributed by atoms with Gasteiger partial charge in [0, 0.05) is 0 Å². The smallest absolute Gasteiger partial charge is 0.130 e. The van der Waals surface area contributed by atoms with Crippen molar-refractivity contribution in [3.05, 3.63) is 0 Å². The van der Waals surface area contributed by atoms with Crippen molar-refractivity contribution >= 4 is 0 Å². The number of halogens is 1. The molecule has 1 heterocycles. The van der Waals surface area contributed by atoms with Crippen LogP contribution in [0.1, 0.15) is 33.1 Å². The van der Waals surface area contributed by atoms with Crippen molar-refractivity contribution in [2.75, 3.05) is 33.3 Å². The van der Waals surface area contributed by atoms with E-state index in [1.54, 1.807) is 0 Å². The summed E-state index contributed by atoms with van der Waals surface area (Å²) in [6.07, 6.45) is 4.64. The van der Waals surface area contributed by atoms with Gasteiger partial charge in [-0.1, -0.05) is 13.3 Å². The molecule has 2 nitrogen and oxygen atoms in total. The van der Waals surface area contributed by atoms with Gasteiger partial charge in [-0.15, -0.1) is 0 Å². The van der Waals surface area contributed by atoms with E-state index in [1.165, 1.54) is 43.4 Å². The summed E-state index contributed by atoms with van der Waals surface area (Å²) in [5, 5.41) is 0. The number of quaternary nitrogens is 1. The molecule has 0 bridgehead atoms. The molecular formula is C11H24BrNO. The summed E-state index contributed by atoms with van der Waals surface area (Å²) < 4.78 is 6.50. The quantitative estimate of drug-likeness (QED) is 0.329. The Hall–Kier alpha value is 0.400. The Balaban J connectivity index is 0.00000169. The molecule has 0 N–H and O–H groups in total. The lowest BCUT2D eigenvalue weighted by Gasteiger charge is -2.32. The van der Waals surface area contributed by atoms with E-state index in [-0.39, 0.29) is 17.0 Å². The number of unbranched alkanes of at least 4 members (excludes halogenated alkanes) is 2. The third kappa shape index (κ3) is 5.32. The first-order chi connectivity index (χ1) is 6.20. The van der Waals surface area contributed by atoms with Gasteiger partial charge in [0.2, 0.25) is 0 Å². The molecule has 0 aromatic heterocycles. The van der Waals surface area contributed by atoms with E-state index in [4.69, 9.17) is 4.74 Å². The summed E-state index contributed by atoms with van der Waals surface area (Å²) in [5.74, 6) is 0. The second-order valence-electron chi connectivity index (χ2n) is 4.50. The van der Waals surface area contributed by atoms with Crippen molar-refractivity contribution in [2.45, 2.75) is 39.2 Å². The Morgan fingerprint density at radius 1 is 1.29 bits per heavy atom. The maximum atomic E-state index is 5.30. The normalized spacial score (nSPS) is 23.8. The fourth-order valence-electron chi connectivity index (χ4n) is 1.79. The molecule has 1 fully saturated rings. The van der Waals surface area contributed by atoms with Crippen molar-refractivity contribution in [1.29, 1.82) is 0 Å². The van der Waals surface area contributed by atoms with Gasteiger partial charge in [0.05, 0.1) is 26.7 Å². The first-order valence-corrected chi connectivity index (χ1v) is 5.65. The zero-order chi connectivity index (χ0) is 9.73. The first-order valence-electron chi connectivity index (χ1n) is 5.65. The van der Waals surface area contributed by atoms with Crippen molar-refractivity contribution in [3.8, 4) is 0 Å². The number of hydrogen-bond donors (Lipinski definition) is 0. The molecule has 2 atom stereocenters. The van der Waals surface area contributed by atoms with E-state index >= 15 is 0 Å². The molecule has 1 aliphatic heterocycles. The van der Waals surface area contributed by atoms with Crippen molar-refractivity contribution < 1.29 is 26.2 Å². The van der Waals surface area contributed by atoms with Gasteiger partial charge < -0.3 is 26.2 Å². The van der Waals surface area contributed by atoms with Gasteiger partial charge >= 0.3 is 0 Å². The Morgan fingerprint density at radius 2 is 1.93 bits per heavy atom. The summed E-state index contributed by atoms with van der Waals surface area (Å²) in [7, 11) is 2.36. The Morgan fingerprint density at radius 3 is 2.36 bits per heavy atom. The third-order valence-corrected chi connectivity index (χ3v) is 3.11. The van der Waals surface area contributed by atoms with Gasteiger partial charge in [-0.25, -0.2) is 0 Å². The molecule has 0 aromatic rings. The monoisotopic (exact) mass is 265 g/mol. The number of hydrogen-bond acceptors (Lipinski definition) is 1. The molecule has 1 saturated heterocycles. The van der Waals surface area contributed by atoms with Gasteiger partial charge in [0.25, 0.3) is 0 Å². The maximum absolute atomic E-state index is 5.30. The second kappa shape index (κ2) is 6.81. The lowest BCUT2D eigenvalue weighted by molar-refractivity contribution is -0.908. The lowest BCUT2D eigenvalue weighted by atomic mass is 10.2. The Kier molecular flexibility index (Phi) is 7.00. The Labute approximate surface area is 99.0 Å². The highest BCUT2D eigenvalue weighted by Gasteiger charge is 2.32. The first kappa shape index (κ1) is 14.4. The van der Waals surface area contributed by atoms with Crippen molar-refractivity contribution in [3.63, 3.8) is 0 Å². The highest BCUT2D eigenvalue weighted by molar-refractivity contribution is 4.68. The molecule has 14 heavy (non-hydrogen) atoms. The topological polar surface area (TPSA) is 12.5 Å². The minimum Gasteiger partial charge on any atom is -1.00 e. The number of ether oxygens (including phenoxy) is 1. The molecule has 86 valence electrons. The van der Waals surface area contributed by atoms with E-state index in [0.29, 0.717) is 6.10 Å². The molecule has 2 unspecified atom stereocenters. The molecule has 0 radical (unpaired) electrons. The lowest BCUT2D eigenvalue weighted by Crippen LogP contribution is -3.00. The van der Waals surface area contributed by atoms with Gasteiger partial charge in [-0.05, 0) is 19.8 Å². The second-order valence-corrected chi connectivity index (χ2v) is 4.50. The standard InChI is InChI=1S/C11H24NO.BrH/c1-4-6-7-8-12(3,5-2)9-11-10-13-11;/h11H,4-10H2,1-3H3;1H/q+1;/p-1. The minimum atomic E-state index is 0. The van der Waals surface area contributed by atoms with Crippen LogP contribution >= 0.6 is 0 Å². The van der Waals surface area contributed by atoms with Crippen LogP contribution in [0.15, 0.2) is 0 Å². The number of epoxide rings is 1. The molecule has 0 spiro atoms. The highest BCUT2D eigenvalue weighted by atomic mass is 79.9. The van der Waals surface area contributed by atoms with Crippen LogP contribution < -0.4 is 17.0 Å². The largest absolute Gasteiger partial charge is 1.00 e. The zero-order valence-electron chi connectivity index (χ0n) is 9.76. The fraction of sp³-hybridized carbons (Fsp3) is 1.00. The van der Waals surface area contributed by atoms with Crippen LogP contribution in [-0.2, 0) is 4.74 Å². The van der Waals surface area contributed by atoms with Gasteiger partial charge in [0.1, 0.15) is 12.6 Å². The van der Waals surface area contributed by atoms with E-state index in [9.17, 15) is 0 Å². The Bertz CT molecular complexity index is 150. The van der Waals surface area contributed by atoms with Crippen molar-refractivity contribution in [1.82, 2.24) is 0 Å². The number of rotatable bonds is 7. The molecule has 0 aliphatic carbocycles. The molecule has 1 aliphatic rings. The van der Waals surface area contributed by atoms with Crippen LogP contribution in [0.3, 0.4) is 0 Å². The molecule has 0 amide bonds. The number of nitrogens with zero attached hydrogens (tertiary/aromatic N) is 1. The van der Waals surface area contributed by atoms with Gasteiger partial charge in [-0.2, -0.15) is 0 Å². The predicted octanol–water partition coefficient (Wildman–Crippen LogP) is -0.954. The van der Waals surface area contributed by atoms with E-state index < -0.39 is 0 Å². The summed E-state index contributed by atoms with van der Waals surface area (Å²) in [5.41, 5.74) is 0. The predicted molar refractivity (Wildman–Crippen MR) is 55.7 cm³/mol. The van der Waals surface area contributed by atoms with E-state index in [0.717, 1.165) is 6.61 Å². The van der Waals surface area contributed by atoms with Crippen LogP contribution in [-0.4, -0.2) is 43.9 Å². The minimum absolute atomic E-state index is 0. The van der Waals surface area contributed by atoms with Crippen LogP contribution in [0.5, 0.6) is 0 Å². The molecule has 0 saturated carbocycles. The summed E-state index contributed by atoms with van der Waals surface area (Å²) >= 11 is 0. The number of likely N-dealkylation sites (N-methyl/N-ethyl adjacent to an activating group) is 1. The van der Waals surface area contributed by atoms with Crippen LogP contribution in [0.25, 0.3) is 0 Å². The molecule has 1 rings (SSSR count). The van der Waals surface area contributed by atoms with Crippen LogP contribution in [0, 0.1) is 0 Å². The van der Waals surface area contributed by atoms with Gasteiger partial charge in [-0.3, -0.25) is 0 Å². The summed E-state index contributed by atoms with van der Waals surface area (Å²) in [4.78, 5) is 0. The van der Waals surface area contributed by atoms with E-state index in [1.807, 2.05) is 0 Å². The maximum Gasteiger partial charge on any atom is 0.130 e. The average Bonchev–Trinajstić information content (AvgIpc) is 2.89. The van der Waals surface area contributed by atoms with Crippen LogP contribution in [0.4, 0.5) is 0 Å². The van der Waals surface area contributed by atoms with E-state index in [2.05, 4.69) is 20.9 Å². The third-order valence-electron chi connectivity index (χ3n) is 3.11. The summed E-state index contributed by atoms with van der Waals surface area (Å²) in [6, 6.07) is 0. The molecular weight excluding hydrogens is 242 g/mol. The van der Waals surface area contributed by atoms with Crippen molar-refractivity contribution in [2.24, 2.45) is 0 Å². The zero-order valence-corrected chi connectivity index (χ0v) is 11.3. The SMILES string of the molecule is CCCCC[N+](C)(CC)CC1CO1.[Br-]. The molecule has 3 heteroatoms. The summed E-state index contributed by atoms with van der Waals surface area (Å²) in [6.45, 7) is 9.34. The van der Waals surface area contributed by atoms with Gasteiger partial charge in [0.15, 0.2) is 0 Å². The average molecular weight is 266 g/mol. The van der Waals surface area contributed by atoms with Crippen LogP contribution in [0.2, 0.25) is 0 Å². The fourth-order valence-corrected chi connectivity index (χ4v) is 1.79. The highest BCUT2D eigenvalue weighted by Crippen LogP contribution is 2.16.